The second-order valence-corrected chi connectivity index (χ2v) is 7.38. The summed E-state index contributed by atoms with van der Waals surface area (Å²) in [6.07, 6.45) is 7.64. The number of aromatic nitrogens is 3. The molecule has 0 spiro atoms. The van der Waals surface area contributed by atoms with Gasteiger partial charge in [-0.2, -0.15) is 9.50 Å². The summed E-state index contributed by atoms with van der Waals surface area (Å²) < 4.78 is 7.71. The molecule has 0 bridgehead atoms. The predicted octanol–water partition coefficient (Wildman–Crippen LogP) is 3.30. The van der Waals surface area contributed by atoms with E-state index < -0.39 is 0 Å². The quantitative estimate of drug-likeness (QED) is 0.543. The number of hydrogen-bond donors (Lipinski definition) is 0. The molecule has 5 nitrogen and oxygen atoms in total. The molecule has 136 valence electrons. The lowest BCUT2D eigenvalue weighted by Gasteiger charge is -2.15. The van der Waals surface area contributed by atoms with Crippen LogP contribution in [0.1, 0.15) is 17.0 Å². The van der Waals surface area contributed by atoms with E-state index >= 15 is 0 Å². The van der Waals surface area contributed by atoms with E-state index in [2.05, 4.69) is 10.1 Å². The molecule has 1 aliphatic heterocycles. The van der Waals surface area contributed by atoms with Crippen molar-refractivity contribution in [2.75, 3.05) is 6.61 Å². The van der Waals surface area contributed by atoms with Gasteiger partial charge in [-0.15, -0.1) is 5.10 Å². The molecule has 3 heterocycles. The van der Waals surface area contributed by atoms with Crippen LogP contribution in [0.5, 0.6) is 5.75 Å². The zero-order valence-electron chi connectivity index (χ0n) is 14.8. The Labute approximate surface area is 164 Å². The fourth-order valence-corrected chi connectivity index (χ4v) is 3.97. The van der Waals surface area contributed by atoms with Gasteiger partial charge in [0.25, 0.3) is 5.56 Å². The second kappa shape index (κ2) is 6.90. The maximum atomic E-state index is 12.7. The van der Waals surface area contributed by atoms with Crippen LogP contribution >= 0.6 is 11.3 Å². The number of benzene rings is 2. The minimum Gasteiger partial charge on any atom is -0.488 e. The smallest absolute Gasteiger partial charge is 0.291 e. The van der Waals surface area contributed by atoms with Crippen LogP contribution < -0.4 is 14.8 Å². The Bertz CT molecular complexity index is 1330. The molecule has 0 aliphatic carbocycles. The topological polar surface area (TPSA) is 56.5 Å². The summed E-state index contributed by atoms with van der Waals surface area (Å²) in [6, 6.07) is 17.8. The molecule has 0 unspecified atom stereocenters. The van der Waals surface area contributed by atoms with Crippen LogP contribution in [0.2, 0.25) is 0 Å². The Balaban J connectivity index is 1.48. The van der Waals surface area contributed by atoms with Crippen molar-refractivity contribution in [3.8, 4) is 5.75 Å². The number of para-hydroxylation sites is 1. The Morgan fingerprint density at radius 2 is 1.86 bits per heavy atom. The molecule has 0 atom stereocenters. The molecule has 0 saturated carbocycles. The molecular weight excluding hydrogens is 370 g/mol. The zero-order valence-corrected chi connectivity index (χ0v) is 15.6. The van der Waals surface area contributed by atoms with E-state index in [1.165, 1.54) is 15.9 Å². The van der Waals surface area contributed by atoms with Crippen molar-refractivity contribution in [3.63, 3.8) is 0 Å². The van der Waals surface area contributed by atoms with Crippen molar-refractivity contribution in [3.05, 3.63) is 92.0 Å². The van der Waals surface area contributed by atoms with E-state index in [-0.39, 0.29) is 5.56 Å². The summed E-state index contributed by atoms with van der Waals surface area (Å²) in [7, 11) is 0. The number of fused-ring (bicyclic) bond motifs is 2. The van der Waals surface area contributed by atoms with Gasteiger partial charge in [-0.3, -0.25) is 4.79 Å². The summed E-state index contributed by atoms with van der Waals surface area (Å²) >= 11 is 1.33. The van der Waals surface area contributed by atoms with Crippen LogP contribution in [0.25, 0.3) is 29.3 Å². The van der Waals surface area contributed by atoms with Crippen molar-refractivity contribution in [1.29, 1.82) is 0 Å². The molecule has 4 aromatic rings. The maximum absolute atomic E-state index is 12.7. The SMILES string of the molecule is O=c1c(=CC2=Cc3ccccc3OC2)sc2nc(C=Cc3ccccc3)nn12. The zero-order chi connectivity index (χ0) is 18.9. The monoisotopic (exact) mass is 385 g/mol. The number of ether oxygens (including phenoxy) is 1. The third kappa shape index (κ3) is 3.14. The molecule has 6 heteroatoms. The van der Waals surface area contributed by atoms with Crippen LogP contribution in [0.15, 0.2) is 65.0 Å². The minimum absolute atomic E-state index is 0.161. The summed E-state index contributed by atoms with van der Waals surface area (Å²) in [5, 5.41) is 4.32. The van der Waals surface area contributed by atoms with Gasteiger partial charge < -0.3 is 4.74 Å². The molecule has 0 amide bonds. The van der Waals surface area contributed by atoms with E-state index in [1.807, 2.05) is 78.9 Å². The van der Waals surface area contributed by atoms with E-state index in [9.17, 15) is 4.79 Å². The van der Waals surface area contributed by atoms with E-state index in [1.54, 1.807) is 0 Å². The normalized spacial score (nSPS) is 14.3. The van der Waals surface area contributed by atoms with E-state index in [4.69, 9.17) is 4.74 Å². The lowest BCUT2D eigenvalue weighted by Crippen LogP contribution is -2.24. The first-order valence-electron chi connectivity index (χ1n) is 8.83. The van der Waals surface area contributed by atoms with Crippen LogP contribution in [-0.2, 0) is 0 Å². The second-order valence-electron chi connectivity index (χ2n) is 6.37. The lowest BCUT2D eigenvalue weighted by atomic mass is 10.1. The highest BCUT2D eigenvalue weighted by atomic mass is 32.1. The molecule has 2 aromatic heterocycles. The summed E-state index contributed by atoms with van der Waals surface area (Å²) in [4.78, 5) is 17.7. The Morgan fingerprint density at radius 3 is 2.71 bits per heavy atom. The predicted molar refractivity (Wildman–Crippen MR) is 112 cm³/mol. The van der Waals surface area contributed by atoms with Crippen LogP contribution in [0.4, 0.5) is 0 Å². The summed E-state index contributed by atoms with van der Waals surface area (Å²) in [5.41, 5.74) is 2.86. The third-order valence-electron chi connectivity index (χ3n) is 4.39. The summed E-state index contributed by atoms with van der Waals surface area (Å²) in [5.74, 6) is 1.38. The van der Waals surface area contributed by atoms with E-state index in [0.717, 1.165) is 22.4 Å². The van der Waals surface area contributed by atoms with Crippen molar-refractivity contribution < 1.29 is 4.74 Å². The van der Waals surface area contributed by atoms with Crippen LogP contribution in [-0.4, -0.2) is 21.2 Å². The maximum Gasteiger partial charge on any atom is 0.291 e. The lowest BCUT2D eigenvalue weighted by molar-refractivity contribution is 0.352. The molecule has 2 aromatic carbocycles. The summed E-state index contributed by atoms with van der Waals surface area (Å²) in [6.45, 7) is 0.440. The average Bonchev–Trinajstić information content (AvgIpc) is 3.26. The van der Waals surface area contributed by atoms with Gasteiger partial charge in [0.2, 0.25) is 4.96 Å². The van der Waals surface area contributed by atoms with Gasteiger partial charge in [-0.05, 0) is 35.4 Å². The largest absolute Gasteiger partial charge is 0.488 e. The van der Waals surface area contributed by atoms with Gasteiger partial charge in [0.15, 0.2) is 5.82 Å². The van der Waals surface area contributed by atoms with Gasteiger partial charge in [0, 0.05) is 5.56 Å². The third-order valence-corrected chi connectivity index (χ3v) is 5.35. The van der Waals surface area contributed by atoms with Gasteiger partial charge in [0.05, 0.1) is 4.53 Å². The standard InChI is InChI=1S/C22H15N3O2S/c26-21-19(13-16-12-17-8-4-5-9-18(17)27-14-16)28-22-23-20(24-25(21)22)11-10-15-6-2-1-3-7-15/h1-13H,14H2. The van der Waals surface area contributed by atoms with Gasteiger partial charge in [0.1, 0.15) is 12.4 Å². The molecule has 0 radical (unpaired) electrons. The fourth-order valence-electron chi connectivity index (χ4n) is 3.04. The van der Waals surface area contributed by atoms with Gasteiger partial charge >= 0.3 is 0 Å². The van der Waals surface area contributed by atoms with Crippen molar-refractivity contribution >= 4 is 40.6 Å². The number of hydrogen-bond acceptors (Lipinski definition) is 5. The molecule has 0 N–H and O–H groups in total. The van der Waals surface area contributed by atoms with Gasteiger partial charge in [-0.25, -0.2) is 0 Å². The molecular formula is C22H15N3O2S. The highest BCUT2D eigenvalue weighted by molar-refractivity contribution is 7.15. The number of nitrogens with zero attached hydrogens (tertiary/aromatic N) is 3. The Hall–Kier alpha value is -3.51. The molecule has 28 heavy (non-hydrogen) atoms. The highest BCUT2D eigenvalue weighted by Crippen LogP contribution is 2.26. The number of rotatable bonds is 3. The molecule has 0 fully saturated rings. The van der Waals surface area contributed by atoms with Crippen molar-refractivity contribution in [2.24, 2.45) is 0 Å². The van der Waals surface area contributed by atoms with Crippen LogP contribution in [0.3, 0.4) is 0 Å². The van der Waals surface area contributed by atoms with E-state index in [0.29, 0.717) is 21.9 Å². The first-order chi connectivity index (χ1) is 13.8. The van der Waals surface area contributed by atoms with Crippen LogP contribution in [0, 0.1) is 0 Å². The van der Waals surface area contributed by atoms with Crippen molar-refractivity contribution in [2.45, 2.75) is 0 Å². The highest BCUT2D eigenvalue weighted by Gasteiger charge is 2.12. The Morgan fingerprint density at radius 1 is 1.04 bits per heavy atom. The number of thiazole rings is 1. The molecule has 5 rings (SSSR count). The Kier molecular flexibility index (Phi) is 4.10. The van der Waals surface area contributed by atoms with Crippen molar-refractivity contribution in [1.82, 2.24) is 14.6 Å². The molecule has 1 aliphatic rings. The average molecular weight is 385 g/mol. The molecule has 0 saturated heterocycles. The minimum atomic E-state index is -0.161. The first kappa shape index (κ1) is 16.6. The van der Waals surface area contributed by atoms with Gasteiger partial charge in [-0.1, -0.05) is 65.9 Å². The fraction of sp³-hybridized carbons (Fsp3) is 0.0455. The first-order valence-corrected chi connectivity index (χ1v) is 9.65.